The molecule has 0 saturated heterocycles. The van der Waals surface area contributed by atoms with Gasteiger partial charge in [-0.05, 0) is 42.5 Å². The average Bonchev–Trinajstić information content (AvgIpc) is 3.40. The van der Waals surface area contributed by atoms with E-state index in [4.69, 9.17) is 0 Å². The summed E-state index contributed by atoms with van der Waals surface area (Å²) in [5, 5.41) is 7.94. The van der Waals surface area contributed by atoms with E-state index in [-0.39, 0.29) is 29.9 Å². The molecule has 2 heterocycles. The molecule has 6 nitrogen and oxygen atoms in total. The number of anilines is 1. The molecule has 1 amide bonds. The minimum Gasteiger partial charge on any atom is -0.361 e. The second kappa shape index (κ2) is 11.2. The predicted octanol–water partition coefficient (Wildman–Crippen LogP) is 3.86. The van der Waals surface area contributed by atoms with Crippen LogP contribution in [0.1, 0.15) is 24.0 Å². The molecule has 3 N–H and O–H groups in total. The second-order valence-corrected chi connectivity index (χ2v) is 7.56. The molecule has 0 atom stereocenters. The van der Waals surface area contributed by atoms with E-state index in [1.165, 1.54) is 22.0 Å². The van der Waals surface area contributed by atoms with Crippen molar-refractivity contribution in [3.63, 3.8) is 0 Å². The van der Waals surface area contributed by atoms with Crippen LogP contribution in [0, 0.1) is 0 Å². The van der Waals surface area contributed by atoms with Gasteiger partial charge in [-0.1, -0.05) is 36.4 Å². The van der Waals surface area contributed by atoms with Crippen molar-refractivity contribution in [1.82, 2.24) is 15.6 Å². The largest absolute Gasteiger partial charge is 0.361 e. The van der Waals surface area contributed by atoms with Crippen molar-refractivity contribution in [1.29, 1.82) is 0 Å². The minimum atomic E-state index is 0. The number of guanidine groups is 1. The van der Waals surface area contributed by atoms with Crippen LogP contribution in [0.25, 0.3) is 10.9 Å². The summed E-state index contributed by atoms with van der Waals surface area (Å²) in [6, 6.07) is 16.5. The van der Waals surface area contributed by atoms with Gasteiger partial charge in [0.15, 0.2) is 5.96 Å². The van der Waals surface area contributed by atoms with Gasteiger partial charge in [0.2, 0.25) is 5.91 Å². The predicted molar refractivity (Wildman–Crippen MR) is 139 cm³/mol. The van der Waals surface area contributed by atoms with Gasteiger partial charge in [-0.2, -0.15) is 0 Å². The Kier molecular flexibility index (Phi) is 8.34. The Morgan fingerprint density at radius 2 is 1.87 bits per heavy atom. The third kappa shape index (κ3) is 5.58. The van der Waals surface area contributed by atoms with E-state index >= 15 is 0 Å². The van der Waals surface area contributed by atoms with Gasteiger partial charge in [-0.25, -0.2) is 0 Å². The van der Waals surface area contributed by atoms with Crippen molar-refractivity contribution in [2.24, 2.45) is 4.99 Å². The van der Waals surface area contributed by atoms with Gasteiger partial charge in [0.1, 0.15) is 0 Å². The summed E-state index contributed by atoms with van der Waals surface area (Å²) in [4.78, 5) is 22.1. The van der Waals surface area contributed by atoms with Crippen LogP contribution >= 0.6 is 24.0 Å². The fraction of sp³-hybridized carbons (Fsp3) is 0.333. The normalized spacial score (nSPS) is 13.1. The molecule has 164 valence electrons. The Labute approximate surface area is 200 Å². The van der Waals surface area contributed by atoms with Crippen LogP contribution in [-0.2, 0) is 17.6 Å². The molecule has 0 spiro atoms. The third-order valence-corrected chi connectivity index (χ3v) is 5.63. The average molecular weight is 531 g/mol. The Balaban J connectivity index is 0.00000272. The number of amides is 1. The summed E-state index contributed by atoms with van der Waals surface area (Å²) < 4.78 is 0. The van der Waals surface area contributed by atoms with Crippen molar-refractivity contribution in [3.05, 3.63) is 65.9 Å². The summed E-state index contributed by atoms with van der Waals surface area (Å²) in [6.07, 6.45) is 5.25. The van der Waals surface area contributed by atoms with E-state index in [1.54, 1.807) is 7.05 Å². The number of carbonyl (C=O) groups is 1. The molecule has 0 saturated carbocycles. The molecule has 7 heteroatoms. The Morgan fingerprint density at radius 1 is 1.10 bits per heavy atom. The highest BCUT2D eigenvalue weighted by Gasteiger charge is 2.23. The van der Waals surface area contributed by atoms with Crippen LogP contribution in [0.15, 0.2) is 59.7 Å². The highest BCUT2D eigenvalue weighted by molar-refractivity contribution is 14.0. The highest BCUT2D eigenvalue weighted by Crippen LogP contribution is 2.28. The highest BCUT2D eigenvalue weighted by atomic mass is 127. The SMILES string of the molecule is CN=C(NCCCC(=O)N1CCc2ccccc21)NCCc1c[nH]c2ccccc12.I. The number of H-pyrrole nitrogens is 1. The maximum Gasteiger partial charge on any atom is 0.227 e. The summed E-state index contributed by atoms with van der Waals surface area (Å²) in [6.45, 7) is 2.31. The molecule has 4 rings (SSSR count). The van der Waals surface area contributed by atoms with E-state index in [9.17, 15) is 4.79 Å². The lowest BCUT2D eigenvalue weighted by Gasteiger charge is -2.17. The number of halogens is 1. The maximum atomic E-state index is 12.6. The Morgan fingerprint density at radius 3 is 2.74 bits per heavy atom. The molecule has 2 aromatic carbocycles. The Hall–Kier alpha value is -2.55. The summed E-state index contributed by atoms with van der Waals surface area (Å²) in [7, 11) is 1.77. The number of benzene rings is 2. The fourth-order valence-corrected chi connectivity index (χ4v) is 4.05. The smallest absolute Gasteiger partial charge is 0.227 e. The lowest BCUT2D eigenvalue weighted by molar-refractivity contribution is -0.118. The number of rotatable bonds is 7. The van der Waals surface area contributed by atoms with E-state index in [0.29, 0.717) is 13.0 Å². The topological polar surface area (TPSA) is 72.5 Å². The molecule has 0 fully saturated rings. The van der Waals surface area contributed by atoms with E-state index < -0.39 is 0 Å². The molecule has 3 aromatic rings. The third-order valence-electron chi connectivity index (χ3n) is 5.63. The first-order chi connectivity index (χ1) is 14.8. The second-order valence-electron chi connectivity index (χ2n) is 7.56. The zero-order valence-electron chi connectivity index (χ0n) is 17.9. The lowest BCUT2D eigenvalue weighted by atomic mass is 10.1. The molecule has 1 aliphatic heterocycles. The van der Waals surface area contributed by atoms with Gasteiger partial charge in [-0.3, -0.25) is 9.79 Å². The molecule has 0 aliphatic carbocycles. The first-order valence-corrected chi connectivity index (χ1v) is 10.6. The quantitative estimate of drug-likeness (QED) is 0.188. The molecular formula is C24H30IN5O. The van der Waals surface area contributed by atoms with Crippen LogP contribution in [-0.4, -0.2) is 43.5 Å². The Bertz CT molecular complexity index is 1050. The summed E-state index contributed by atoms with van der Waals surface area (Å²) in [5.41, 5.74) is 4.80. The van der Waals surface area contributed by atoms with Gasteiger partial charge in [0.25, 0.3) is 0 Å². The van der Waals surface area contributed by atoms with Crippen LogP contribution in [0.4, 0.5) is 5.69 Å². The van der Waals surface area contributed by atoms with Gasteiger partial charge in [0.05, 0.1) is 0 Å². The number of aromatic nitrogens is 1. The van der Waals surface area contributed by atoms with Crippen LogP contribution in [0.2, 0.25) is 0 Å². The number of hydrogen-bond acceptors (Lipinski definition) is 2. The first-order valence-electron chi connectivity index (χ1n) is 10.6. The molecule has 0 unspecified atom stereocenters. The number of nitrogens with zero attached hydrogens (tertiary/aromatic N) is 2. The summed E-state index contributed by atoms with van der Waals surface area (Å²) >= 11 is 0. The zero-order chi connectivity index (χ0) is 20.8. The standard InChI is InChI=1S/C24H29N5O.HI/c1-25-24(27-15-12-19-17-28-21-9-4-3-8-20(19)21)26-14-6-11-23(30)29-16-13-18-7-2-5-10-22(18)29;/h2-5,7-10,17,28H,6,11-16H2,1H3,(H2,25,26,27);1H. The van der Waals surface area contributed by atoms with Gasteiger partial charge in [0, 0.05) is 55.9 Å². The van der Waals surface area contributed by atoms with Crippen molar-refractivity contribution < 1.29 is 4.79 Å². The number of nitrogens with one attached hydrogen (secondary N) is 3. The monoisotopic (exact) mass is 531 g/mol. The van der Waals surface area contributed by atoms with Crippen molar-refractivity contribution >= 4 is 52.4 Å². The molecule has 0 bridgehead atoms. The molecule has 1 aliphatic rings. The fourth-order valence-electron chi connectivity index (χ4n) is 4.05. The maximum absolute atomic E-state index is 12.6. The van der Waals surface area contributed by atoms with Gasteiger partial charge >= 0.3 is 0 Å². The molecule has 1 aromatic heterocycles. The van der Waals surface area contributed by atoms with Crippen LogP contribution < -0.4 is 15.5 Å². The van der Waals surface area contributed by atoms with Crippen LogP contribution in [0.3, 0.4) is 0 Å². The zero-order valence-corrected chi connectivity index (χ0v) is 20.2. The van der Waals surface area contributed by atoms with Gasteiger partial charge < -0.3 is 20.5 Å². The lowest BCUT2D eigenvalue weighted by Crippen LogP contribution is -2.39. The van der Waals surface area contributed by atoms with Crippen molar-refractivity contribution in [2.75, 3.05) is 31.6 Å². The number of fused-ring (bicyclic) bond motifs is 2. The number of aromatic amines is 1. The minimum absolute atomic E-state index is 0. The van der Waals surface area contributed by atoms with E-state index in [0.717, 1.165) is 44.0 Å². The molecule has 31 heavy (non-hydrogen) atoms. The van der Waals surface area contributed by atoms with E-state index in [1.807, 2.05) is 29.2 Å². The van der Waals surface area contributed by atoms with E-state index in [2.05, 4.69) is 51.1 Å². The molecular weight excluding hydrogens is 501 g/mol. The molecule has 0 radical (unpaired) electrons. The number of carbonyl (C=O) groups excluding carboxylic acids is 1. The van der Waals surface area contributed by atoms with Crippen molar-refractivity contribution in [2.45, 2.75) is 25.7 Å². The number of para-hydroxylation sites is 2. The van der Waals surface area contributed by atoms with Gasteiger partial charge in [-0.15, -0.1) is 24.0 Å². The number of aliphatic imine (C=N–C) groups is 1. The summed E-state index contributed by atoms with van der Waals surface area (Å²) in [5.74, 6) is 0.970. The first kappa shape index (κ1) is 23.1. The number of hydrogen-bond donors (Lipinski definition) is 3. The van der Waals surface area contributed by atoms with Crippen molar-refractivity contribution in [3.8, 4) is 0 Å². The van der Waals surface area contributed by atoms with Crippen LogP contribution in [0.5, 0.6) is 0 Å².